The van der Waals surface area contributed by atoms with Gasteiger partial charge in [-0.2, -0.15) is 0 Å². The van der Waals surface area contributed by atoms with Crippen molar-refractivity contribution in [2.75, 3.05) is 24.0 Å². The SMILES string of the molecule is CSc1c(N)cc(-c2ccccc2)c(SC)c1N. The van der Waals surface area contributed by atoms with Crippen LogP contribution in [0.4, 0.5) is 11.4 Å². The lowest BCUT2D eigenvalue weighted by atomic mass is 10.0. The van der Waals surface area contributed by atoms with Crippen LogP contribution in [0.2, 0.25) is 0 Å². The predicted molar refractivity (Wildman–Crippen MR) is 84.3 cm³/mol. The lowest BCUT2D eigenvalue weighted by Crippen LogP contribution is -1.99. The van der Waals surface area contributed by atoms with Crippen LogP contribution in [0.5, 0.6) is 0 Å². The Bertz CT molecular complexity index is 553. The molecule has 0 atom stereocenters. The van der Waals surface area contributed by atoms with Crippen molar-refractivity contribution in [3.63, 3.8) is 0 Å². The second-order valence-electron chi connectivity index (χ2n) is 3.86. The Morgan fingerprint density at radius 3 is 2.06 bits per heavy atom. The van der Waals surface area contributed by atoms with Crippen LogP contribution in [-0.2, 0) is 0 Å². The van der Waals surface area contributed by atoms with E-state index in [9.17, 15) is 0 Å². The number of nitrogens with two attached hydrogens (primary N) is 2. The molecule has 4 heteroatoms. The summed E-state index contributed by atoms with van der Waals surface area (Å²) in [5.74, 6) is 0. The maximum Gasteiger partial charge on any atom is 0.0617 e. The van der Waals surface area contributed by atoms with Crippen LogP contribution >= 0.6 is 23.5 Å². The van der Waals surface area contributed by atoms with Gasteiger partial charge in [0, 0.05) is 10.6 Å². The highest BCUT2D eigenvalue weighted by Crippen LogP contribution is 2.42. The van der Waals surface area contributed by atoms with Gasteiger partial charge in [-0.1, -0.05) is 30.3 Å². The summed E-state index contributed by atoms with van der Waals surface area (Å²) in [6.45, 7) is 0. The molecule has 0 spiro atoms. The summed E-state index contributed by atoms with van der Waals surface area (Å²) >= 11 is 3.25. The zero-order chi connectivity index (χ0) is 13.1. The fraction of sp³-hybridized carbons (Fsp3) is 0.143. The van der Waals surface area contributed by atoms with Crippen molar-refractivity contribution in [1.29, 1.82) is 0 Å². The Morgan fingerprint density at radius 2 is 1.50 bits per heavy atom. The molecule has 0 bridgehead atoms. The molecule has 0 heterocycles. The maximum atomic E-state index is 6.22. The number of anilines is 2. The number of hydrogen-bond acceptors (Lipinski definition) is 4. The molecule has 0 saturated heterocycles. The van der Waals surface area contributed by atoms with E-state index in [0.29, 0.717) is 0 Å². The van der Waals surface area contributed by atoms with Crippen molar-refractivity contribution in [3.05, 3.63) is 36.4 Å². The molecule has 0 aliphatic rings. The van der Waals surface area contributed by atoms with E-state index < -0.39 is 0 Å². The second-order valence-corrected chi connectivity index (χ2v) is 5.49. The number of rotatable bonds is 3. The third-order valence-corrected chi connectivity index (χ3v) is 4.50. The quantitative estimate of drug-likeness (QED) is 0.658. The molecule has 0 aromatic heterocycles. The van der Waals surface area contributed by atoms with Crippen LogP contribution in [0.15, 0.2) is 46.2 Å². The van der Waals surface area contributed by atoms with Crippen LogP contribution < -0.4 is 11.5 Å². The molecule has 2 aromatic rings. The highest BCUT2D eigenvalue weighted by molar-refractivity contribution is 7.99. The predicted octanol–water partition coefficient (Wildman–Crippen LogP) is 3.96. The molecule has 2 rings (SSSR count). The van der Waals surface area contributed by atoms with Gasteiger partial charge in [-0.15, -0.1) is 23.5 Å². The first kappa shape index (κ1) is 13.2. The lowest BCUT2D eigenvalue weighted by Gasteiger charge is -2.16. The standard InChI is InChI=1S/C14H16N2S2/c1-17-13-10(9-6-4-3-5-7-9)8-11(15)14(18-2)12(13)16/h3-8H,15-16H2,1-2H3. The largest absolute Gasteiger partial charge is 0.398 e. The van der Waals surface area contributed by atoms with Crippen molar-refractivity contribution >= 4 is 34.9 Å². The summed E-state index contributed by atoms with van der Waals surface area (Å²) in [6.07, 6.45) is 4.03. The molecule has 0 unspecified atom stereocenters. The van der Waals surface area contributed by atoms with Gasteiger partial charge in [0.2, 0.25) is 0 Å². The van der Waals surface area contributed by atoms with Gasteiger partial charge in [-0.05, 0) is 29.7 Å². The lowest BCUT2D eigenvalue weighted by molar-refractivity contribution is 1.35. The fourth-order valence-corrected chi connectivity index (χ4v) is 3.37. The van der Waals surface area contributed by atoms with E-state index in [-0.39, 0.29) is 0 Å². The summed E-state index contributed by atoms with van der Waals surface area (Å²) < 4.78 is 0. The van der Waals surface area contributed by atoms with Crippen molar-refractivity contribution in [2.45, 2.75) is 9.79 Å². The van der Waals surface area contributed by atoms with Crippen LogP contribution in [0.3, 0.4) is 0 Å². The second kappa shape index (κ2) is 5.59. The van der Waals surface area contributed by atoms with Crippen LogP contribution in [0, 0.1) is 0 Å². The molecule has 94 valence electrons. The van der Waals surface area contributed by atoms with E-state index in [4.69, 9.17) is 11.5 Å². The maximum absolute atomic E-state index is 6.22. The molecule has 0 aliphatic carbocycles. The molecule has 4 N–H and O–H groups in total. The van der Waals surface area contributed by atoms with E-state index in [1.165, 1.54) is 0 Å². The Labute approximate surface area is 116 Å². The van der Waals surface area contributed by atoms with Crippen molar-refractivity contribution in [2.24, 2.45) is 0 Å². The Balaban J connectivity index is 2.69. The van der Waals surface area contributed by atoms with Gasteiger partial charge in [0.1, 0.15) is 0 Å². The molecule has 0 aliphatic heterocycles. The Morgan fingerprint density at radius 1 is 0.889 bits per heavy atom. The minimum atomic E-state index is 0.747. The number of nitrogen functional groups attached to an aromatic ring is 2. The van der Waals surface area contributed by atoms with E-state index in [0.717, 1.165) is 32.3 Å². The minimum Gasteiger partial charge on any atom is -0.398 e. The minimum absolute atomic E-state index is 0.747. The zero-order valence-corrected chi connectivity index (χ0v) is 12.1. The van der Waals surface area contributed by atoms with E-state index in [2.05, 4.69) is 12.1 Å². The molecule has 0 saturated carbocycles. The highest BCUT2D eigenvalue weighted by atomic mass is 32.2. The average molecular weight is 276 g/mol. The van der Waals surface area contributed by atoms with E-state index in [1.807, 2.05) is 36.8 Å². The van der Waals surface area contributed by atoms with Gasteiger partial charge >= 0.3 is 0 Å². The Hall–Kier alpha value is -1.26. The summed E-state index contributed by atoms with van der Waals surface area (Å²) in [5, 5.41) is 0. The van der Waals surface area contributed by atoms with Crippen molar-refractivity contribution < 1.29 is 0 Å². The van der Waals surface area contributed by atoms with Crippen LogP contribution in [0.25, 0.3) is 11.1 Å². The number of benzene rings is 2. The Kier molecular flexibility index (Phi) is 4.09. The molecule has 0 radical (unpaired) electrons. The summed E-state index contributed by atoms with van der Waals surface area (Å²) in [4.78, 5) is 2.07. The molecule has 0 amide bonds. The first-order chi connectivity index (χ1) is 8.69. The third kappa shape index (κ3) is 2.31. The van der Waals surface area contributed by atoms with Gasteiger partial charge in [0.25, 0.3) is 0 Å². The first-order valence-electron chi connectivity index (χ1n) is 5.54. The van der Waals surface area contributed by atoms with Gasteiger partial charge < -0.3 is 11.5 Å². The normalized spacial score (nSPS) is 10.6. The molecule has 0 fully saturated rings. The topological polar surface area (TPSA) is 52.0 Å². The fourth-order valence-electron chi connectivity index (χ4n) is 1.97. The monoisotopic (exact) mass is 276 g/mol. The van der Waals surface area contributed by atoms with Gasteiger partial charge in [0.05, 0.1) is 10.6 Å². The summed E-state index contributed by atoms with van der Waals surface area (Å²) in [6, 6.07) is 12.2. The molecule has 2 nitrogen and oxygen atoms in total. The average Bonchev–Trinajstić information content (AvgIpc) is 2.39. The molecule has 2 aromatic carbocycles. The van der Waals surface area contributed by atoms with Crippen molar-refractivity contribution in [3.8, 4) is 11.1 Å². The smallest absolute Gasteiger partial charge is 0.0617 e. The summed E-state index contributed by atoms with van der Waals surface area (Å²) in [7, 11) is 0. The van der Waals surface area contributed by atoms with Gasteiger partial charge in [0.15, 0.2) is 0 Å². The highest BCUT2D eigenvalue weighted by Gasteiger charge is 2.14. The van der Waals surface area contributed by atoms with Gasteiger partial charge in [-0.3, -0.25) is 0 Å². The number of thioether (sulfide) groups is 2. The zero-order valence-electron chi connectivity index (χ0n) is 10.4. The summed E-state index contributed by atoms with van der Waals surface area (Å²) in [5.41, 5.74) is 16.1. The van der Waals surface area contributed by atoms with Crippen LogP contribution in [-0.4, -0.2) is 12.5 Å². The van der Waals surface area contributed by atoms with Gasteiger partial charge in [-0.25, -0.2) is 0 Å². The van der Waals surface area contributed by atoms with Crippen molar-refractivity contribution in [1.82, 2.24) is 0 Å². The first-order valence-corrected chi connectivity index (χ1v) is 7.99. The van der Waals surface area contributed by atoms with E-state index >= 15 is 0 Å². The van der Waals surface area contributed by atoms with E-state index in [1.54, 1.807) is 23.5 Å². The third-order valence-electron chi connectivity index (χ3n) is 2.79. The molecular weight excluding hydrogens is 260 g/mol. The number of hydrogen-bond donors (Lipinski definition) is 2. The molecule has 18 heavy (non-hydrogen) atoms. The van der Waals surface area contributed by atoms with Crippen LogP contribution in [0.1, 0.15) is 0 Å². The molecular formula is C14H16N2S2.